The molecule has 5 nitrogen and oxygen atoms in total. The van der Waals surface area contributed by atoms with Gasteiger partial charge in [0, 0.05) is 26.2 Å². The average Bonchev–Trinajstić information content (AvgIpc) is 2.32. The Hall–Kier alpha value is -1.26. The van der Waals surface area contributed by atoms with Crippen LogP contribution in [-0.4, -0.2) is 53.1 Å². The Labute approximate surface area is 116 Å². The van der Waals surface area contributed by atoms with E-state index in [1.165, 1.54) is 0 Å². The van der Waals surface area contributed by atoms with Gasteiger partial charge in [-0.3, -0.25) is 4.79 Å². The van der Waals surface area contributed by atoms with Gasteiger partial charge in [0.05, 0.1) is 5.92 Å². The lowest BCUT2D eigenvalue weighted by Crippen LogP contribution is -2.47. The Balaban J connectivity index is 4.61. The zero-order chi connectivity index (χ0) is 15.2. The minimum Gasteiger partial charge on any atom is -0.481 e. The summed E-state index contributed by atoms with van der Waals surface area (Å²) >= 11 is 0. The highest BCUT2D eigenvalue weighted by Gasteiger charge is 2.24. The van der Waals surface area contributed by atoms with E-state index < -0.39 is 11.9 Å². The molecule has 0 aliphatic carbocycles. The van der Waals surface area contributed by atoms with E-state index in [1.807, 2.05) is 13.8 Å². The normalized spacial score (nSPS) is 14.1. The molecule has 0 spiro atoms. The Kier molecular flexibility index (Phi) is 7.49. The lowest BCUT2D eigenvalue weighted by molar-refractivity contribution is -0.141. The van der Waals surface area contributed by atoms with Gasteiger partial charge in [0.15, 0.2) is 0 Å². The van der Waals surface area contributed by atoms with Crippen LogP contribution in [0, 0.1) is 11.8 Å². The zero-order valence-corrected chi connectivity index (χ0v) is 13.0. The largest absolute Gasteiger partial charge is 0.481 e. The van der Waals surface area contributed by atoms with Crippen molar-refractivity contribution in [2.24, 2.45) is 11.8 Å². The van der Waals surface area contributed by atoms with Crippen molar-refractivity contribution < 1.29 is 14.7 Å². The van der Waals surface area contributed by atoms with Crippen molar-refractivity contribution >= 4 is 12.0 Å². The maximum Gasteiger partial charge on any atom is 0.319 e. The molecule has 0 aliphatic heterocycles. The van der Waals surface area contributed by atoms with Crippen molar-refractivity contribution in [1.82, 2.24) is 9.80 Å². The SMILES string of the molecule is CCN(CC(C)C(=O)O)C(=O)N(C)C(C)CC(C)C. The quantitative estimate of drug-likeness (QED) is 0.774. The van der Waals surface area contributed by atoms with Gasteiger partial charge in [0.1, 0.15) is 0 Å². The molecule has 0 bridgehead atoms. The van der Waals surface area contributed by atoms with Gasteiger partial charge < -0.3 is 14.9 Å². The third-order valence-corrected chi connectivity index (χ3v) is 3.34. The van der Waals surface area contributed by atoms with Crippen LogP contribution >= 0.6 is 0 Å². The number of hydrogen-bond donors (Lipinski definition) is 1. The van der Waals surface area contributed by atoms with Crippen LogP contribution in [0.4, 0.5) is 4.79 Å². The highest BCUT2D eigenvalue weighted by Crippen LogP contribution is 2.12. The summed E-state index contributed by atoms with van der Waals surface area (Å²) in [6, 6.07) is 0.0606. The molecule has 5 heteroatoms. The standard InChI is InChI=1S/C14H28N2O3/c1-7-16(9-11(4)13(17)18)14(19)15(6)12(5)8-10(2)3/h10-12H,7-9H2,1-6H3,(H,17,18). The van der Waals surface area contributed by atoms with Crippen molar-refractivity contribution in [2.75, 3.05) is 20.1 Å². The first kappa shape index (κ1) is 17.7. The molecule has 1 N–H and O–H groups in total. The highest BCUT2D eigenvalue weighted by molar-refractivity contribution is 5.76. The molecule has 0 saturated heterocycles. The number of carboxylic acid groups (broad SMARTS) is 1. The molecular weight excluding hydrogens is 244 g/mol. The van der Waals surface area contributed by atoms with Gasteiger partial charge in [0.25, 0.3) is 0 Å². The van der Waals surface area contributed by atoms with E-state index in [0.717, 1.165) is 6.42 Å². The second-order valence-corrected chi connectivity index (χ2v) is 5.65. The van der Waals surface area contributed by atoms with Gasteiger partial charge in [-0.25, -0.2) is 4.79 Å². The third-order valence-electron chi connectivity index (χ3n) is 3.34. The van der Waals surface area contributed by atoms with Crippen LogP contribution in [0.5, 0.6) is 0 Å². The van der Waals surface area contributed by atoms with Gasteiger partial charge >= 0.3 is 12.0 Å². The summed E-state index contributed by atoms with van der Waals surface area (Å²) in [6.07, 6.45) is 0.939. The summed E-state index contributed by atoms with van der Waals surface area (Å²) in [5, 5.41) is 8.92. The number of nitrogens with zero attached hydrogens (tertiary/aromatic N) is 2. The summed E-state index contributed by atoms with van der Waals surface area (Å²) < 4.78 is 0. The topological polar surface area (TPSA) is 60.9 Å². The van der Waals surface area contributed by atoms with Crippen molar-refractivity contribution in [2.45, 2.75) is 47.1 Å². The molecule has 2 amide bonds. The van der Waals surface area contributed by atoms with E-state index in [2.05, 4.69) is 13.8 Å². The lowest BCUT2D eigenvalue weighted by atomic mass is 10.0. The second-order valence-electron chi connectivity index (χ2n) is 5.65. The van der Waals surface area contributed by atoms with Crippen LogP contribution in [0.1, 0.15) is 41.0 Å². The van der Waals surface area contributed by atoms with Crippen molar-refractivity contribution in [1.29, 1.82) is 0 Å². The predicted octanol–water partition coefficient (Wildman–Crippen LogP) is 2.52. The molecular formula is C14H28N2O3. The fourth-order valence-electron chi connectivity index (χ4n) is 2.00. The minimum absolute atomic E-state index is 0.0937. The smallest absolute Gasteiger partial charge is 0.319 e. The number of carbonyl (C=O) groups is 2. The van der Waals surface area contributed by atoms with Crippen LogP contribution in [0.2, 0.25) is 0 Å². The molecule has 0 fully saturated rings. The average molecular weight is 272 g/mol. The fourth-order valence-corrected chi connectivity index (χ4v) is 2.00. The van der Waals surface area contributed by atoms with E-state index in [1.54, 1.807) is 23.8 Å². The molecule has 0 heterocycles. The molecule has 0 aliphatic rings. The second kappa shape index (κ2) is 8.02. The first-order valence-electron chi connectivity index (χ1n) is 6.95. The zero-order valence-electron chi connectivity index (χ0n) is 13.0. The van der Waals surface area contributed by atoms with Crippen LogP contribution in [0.15, 0.2) is 0 Å². The van der Waals surface area contributed by atoms with Crippen molar-refractivity contribution in [3.63, 3.8) is 0 Å². The van der Waals surface area contributed by atoms with E-state index in [-0.39, 0.29) is 18.6 Å². The molecule has 112 valence electrons. The molecule has 0 aromatic rings. The molecule has 2 unspecified atom stereocenters. The maximum atomic E-state index is 12.3. The number of amides is 2. The number of carbonyl (C=O) groups excluding carboxylic acids is 1. The van der Waals surface area contributed by atoms with E-state index in [0.29, 0.717) is 12.5 Å². The van der Waals surface area contributed by atoms with E-state index >= 15 is 0 Å². The van der Waals surface area contributed by atoms with E-state index in [4.69, 9.17) is 5.11 Å². The molecule has 0 rings (SSSR count). The van der Waals surface area contributed by atoms with Crippen molar-refractivity contribution in [3.05, 3.63) is 0 Å². The predicted molar refractivity (Wildman–Crippen MR) is 76.1 cm³/mol. The maximum absolute atomic E-state index is 12.3. The Morgan fingerprint density at radius 1 is 1.16 bits per heavy atom. The first-order valence-corrected chi connectivity index (χ1v) is 6.95. The number of aliphatic carboxylic acids is 1. The summed E-state index contributed by atoms with van der Waals surface area (Å²) in [4.78, 5) is 26.5. The van der Waals surface area contributed by atoms with Crippen LogP contribution in [0.25, 0.3) is 0 Å². The van der Waals surface area contributed by atoms with E-state index in [9.17, 15) is 9.59 Å². The molecule has 0 aromatic carbocycles. The third kappa shape index (κ3) is 5.94. The van der Waals surface area contributed by atoms with Gasteiger partial charge in [-0.15, -0.1) is 0 Å². The monoisotopic (exact) mass is 272 g/mol. The molecule has 0 saturated carbocycles. The minimum atomic E-state index is -0.871. The van der Waals surface area contributed by atoms with Gasteiger partial charge in [-0.2, -0.15) is 0 Å². The molecule has 0 radical (unpaired) electrons. The van der Waals surface area contributed by atoms with Crippen LogP contribution < -0.4 is 0 Å². The molecule has 2 atom stereocenters. The Morgan fingerprint density at radius 3 is 2.05 bits per heavy atom. The lowest BCUT2D eigenvalue weighted by Gasteiger charge is -2.32. The number of hydrogen-bond acceptors (Lipinski definition) is 2. The summed E-state index contributed by atoms with van der Waals surface area (Å²) in [7, 11) is 1.78. The Morgan fingerprint density at radius 2 is 1.68 bits per heavy atom. The van der Waals surface area contributed by atoms with Crippen molar-refractivity contribution in [3.8, 4) is 0 Å². The fraction of sp³-hybridized carbons (Fsp3) is 0.857. The first-order chi connectivity index (χ1) is 8.70. The number of carboxylic acids is 1. The number of rotatable bonds is 7. The summed E-state index contributed by atoms with van der Waals surface area (Å²) in [6.45, 7) is 10.5. The summed E-state index contributed by atoms with van der Waals surface area (Å²) in [5.74, 6) is -0.889. The molecule has 19 heavy (non-hydrogen) atoms. The van der Waals surface area contributed by atoms with Gasteiger partial charge in [-0.05, 0) is 26.2 Å². The molecule has 0 aromatic heterocycles. The Bertz CT molecular complexity index is 305. The highest BCUT2D eigenvalue weighted by atomic mass is 16.4. The van der Waals surface area contributed by atoms with Crippen LogP contribution in [0.3, 0.4) is 0 Å². The van der Waals surface area contributed by atoms with Gasteiger partial charge in [0.2, 0.25) is 0 Å². The summed E-state index contributed by atoms with van der Waals surface area (Å²) in [5.41, 5.74) is 0. The van der Waals surface area contributed by atoms with Gasteiger partial charge in [-0.1, -0.05) is 20.8 Å². The van der Waals surface area contributed by atoms with Crippen LogP contribution in [-0.2, 0) is 4.79 Å². The number of urea groups is 1.